The summed E-state index contributed by atoms with van der Waals surface area (Å²) in [6.07, 6.45) is 8.28. The Kier molecular flexibility index (Phi) is 4.00. The Morgan fingerprint density at radius 3 is 3.00 bits per heavy atom. The Hall–Kier alpha value is -0.120. The van der Waals surface area contributed by atoms with E-state index in [1.54, 1.807) is 11.3 Å². The van der Waals surface area contributed by atoms with E-state index in [9.17, 15) is 5.11 Å². The summed E-state index contributed by atoms with van der Waals surface area (Å²) in [6.45, 7) is 0. The van der Waals surface area contributed by atoms with Crippen LogP contribution in [0.4, 0.5) is 0 Å². The van der Waals surface area contributed by atoms with Gasteiger partial charge in [0, 0.05) is 15.8 Å². The second-order valence-corrected chi connectivity index (χ2v) is 5.86. The third-order valence-corrected chi connectivity index (χ3v) is 4.89. The van der Waals surface area contributed by atoms with Gasteiger partial charge in [0.05, 0.1) is 6.10 Å². The molecule has 2 unspecified atom stereocenters. The Bertz CT molecular complexity index is 345. The number of hydrogen-bond donors (Lipinski definition) is 1. The Morgan fingerprint density at radius 1 is 1.53 bits per heavy atom. The first-order valence-corrected chi connectivity index (χ1v) is 6.99. The van der Waals surface area contributed by atoms with Crippen LogP contribution in [0.3, 0.4) is 0 Å². The third kappa shape index (κ3) is 2.92. The van der Waals surface area contributed by atoms with Gasteiger partial charge in [-0.05, 0) is 52.6 Å². The fraction of sp³-hybridized carbons (Fsp3) is 0.500. The largest absolute Gasteiger partial charge is 0.392 e. The van der Waals surface area contributed by atoms with Crippen molar-refractivity contribution >= 4 is 27.3 Å². The van der Waals surface area contributed by atoms with Gasteiger partial charge in [0.1, 0.15) is 0 Å². The molecule has 1 aliphatic rings. The molecule has 2 rings (SSSR count). The number of aliphatic hydroxyl groups is 1. The first kappa shape index (κ1) is 11.4. The lowest BCUT2D eigenvalue weighted by molar-refractivity contribution is 0.103. The van der Waals surface area contributed by atoms with Crippen LogP contribution in [0.15, 0.2) is 28.1 Å². The molecule has 0 amide bonds. The number of aliphatic hydroxyl groups excluding tert-OH is 1. The van der Waals surface area contributed by atoms with E-state index in [2.05, 4.69) is 33.5 Å². The summed E-state index contributed by atoms with van der Waals surface area (Å²) in [7, 11) is 0. The van der Waals surface area contributed by atoms with Crippen molar-refractivity contribution < 1.29 is 5.11 Å². The normalized spacial score (nSPS) is 22.9. The van der Waals surface area contributed by atoms with Crippen LogP contribution in [0.1, 0.15) is 24.1 Å². The van der Waals surface area contributed by atoms with Gasteiger partial charge in [0.15, 0.2) is 0 Å². The molecule has 1 aliphatic carbocycles. The Morgan fingerprint density at radius 2 is 2.40 bits per heavy atom. The van der Waals surface area contributed by atoms with Crippen molar-refractivity contribution in [3.05, 3.63) is 32.9 Å². The van der Waals surface area contributed by atoms with Crippen LogP contribution in [-0.2, 0) is 6.42 Å². The van der Waals surface area contributed by atoms with Crippen LogP contribution < -0.4 is 0 Å². The van der Waals surface area contributed by atoms with Gasteiger partial charge >= 0.3 is 0 Å². The number of hydrogen-bond acceptors (Lipinski definition) is 2. The number of allylic oxidation sites excluding steroid dienone is 2. The molecule has 1 heterocycles. The fourth-order valence-electron chi connectivity index (χ4n) is 1.99. The number of halogens is 1. The van der Waals surface area contributed by atoms with Crippen LogP contribution in [0.2, 0.25) is 0 Å². The Labute approximate surface area is 103 Å². The fourth-order valence-corrected chi connectivity index (χ4v) is 3.56. The molecule has 0 saturated heterocycles. The molecular weight excluding hydrogens is 272 g/mol. The zero-order valence-electron chi connectivity index (χ0n) is 8.53. The summed E-state index contributed by atoms with van der Waals surface area (Å²) in [6, 6.07) is 2.05. The number of rotatable bonds is 3. The van der Waals surface area contributed by atoms with E-state index in [-0.39, 0.29) is 6.10 Å². The lowest BCUT2D eigenvalue weighted by atomic mass is 9.88. The molecule has 0 aromatic carbocycles. The van der Waals surface area contributed by atoms with Crippen molar-refractivity contribution in [2.24, 2.45) is 5.92 Å². The molecule has 1 aromatic heterocycles. The predicted molar refractivity (Wildman–Crippen MR) is 68.2 cm³/mol. The predicted octanol–water partition coefficient (Wildman–Crippen LogP) is 3.77. The van der Waals surface area contributed by atoms with Gasteiger partial charge in [0.25, 0.3) is 0 Å². The maximum atomic E-state index is 10.1. The molecule has 0 saturated carbocycles. The van der Waals surface area contributed by atoms with Crippen LogP contribution in [0, 0.1) is 5.92 Å². The van der Waals surface area contributed by atoms with E-state index in [4.69, 9.17) is 0 Å². The van der Waals surface area contributed by atoms with Gasteiger partial charge in [-0.3, -0.25) is 0 Å². The van der Waals surface area contributed by atoms with Crippen LogP contribution in [-0.4, -0.2) is 11.2 Å². The second-order valence-electron chi connectivity index (χ2n) is 4.01. The smallest absolute Gasteiger partial charge is 0.0620 e. The van der Waals surface area contributed by atoms with Gasteiger partial charge in [-0.1, -0.05) is 12.2 Å². The molecule has 1 N–H and O–H groups in total. The standard InChI is InChI=1S/C12H15BrOS/c13-10-6-7-15-12(10)8-11(14)9-4-2-1-3-5-9/h1-2,6-7,9,11,14H,3-5,8H2. The molecule has 1 aromatic rings. The molecular formula is C12H15BrOS. The van der Waals surface area contributed by atoms with E-state index in [0.29, 0.717) is 5.92 Å². The maximum absolute atomic E-state index is 10.1. The van der Waals surface area contributed by atoms with E-state index in [1.165, 1.54) is 4.88 Å². The highest BCUT2D eigenvalue weighted by molar-refractivity contribution is 9.10. The van der Waals surface area contributed by atoms with Gasteiger partial charge in [-0.15, -0.1) is 11.3 Å². The van der Waals surface area contributed by atoms with E-state index in [0.717, 1.165) is 30.2 Å². The second kappa shape index (κ2) is 5.28. The summed E-state index contributed by atoms with van der Waals surface area (Å²) < 4.78 is 1.14. The molecule has 0 aliphatic heterocycles. The van der Waals surface area contributed by atoms with Gasteiger partial charge in [-0.25, -0.2) is 0 Å². The van der Waals surface area contributed by atoms with Gasteiger partial charge < -0.3 is 5.11 Å². The lowest BCUT2D eigenvalue weighted by Gasteiger charge is -2.23. The monoisotopic (exact) mass is 286 g/mol. The zero-order valence-corrected chi connectivity index (χ0v) is 10.9. The third-order valence-electron chi connectivity index (χ3n) is 2.94. The van der Waals surface area contributed by atoms with E-state index >= 15 is 0 Å². The molecule has 0 spiro atoms. The van der Waals surface area contributed by atoms with E-state index in [1.807, 2.05) is 6.07 Å². The topological polar surface area (TPSA) is 20.2 Å². The van der Waals surface area contributed by atoms with E-state index < -0.39 is 0 Å². The summed E-state index contributed by atoms with van der Waals surface area (Å²) in [5.41, 5.74) is 0. The van der Waals surface area contributed by atoms with Crippen molar-refractivity contribution in [3.8, 4) is 0 Å². The highest BCUT2D eigenvalue weighted by Gasteiger charge is 2.20. The summed E-state index contributed by atoms with van der Waals surface area (Å²) in [5, 5.41) is 12.2. The average Bonchev–Trinajstić information content (AvgIpc) is 2.66. The summed E-state index contributed by atoms with van der Waals surface area (Å²) in [5.74, 6) is 0.448. The molecule has 0 bridgehead atoms. The molecule has 0 radical (unpaired) electrons. The minimum Gasteiger partial charge on any atom is -0.392 e. The first-order valence-electron chi connectivity index (χ1n) is 5.32. The van der Waals surface area contributed by atoms with Crippen molar-refractivity contribution in [1.29, 1.82) is 0 Å². The molecule has 15 heavy (non-hydrogen) atoms. The molecule has 82 valence electrons. The Balaban J connectivity index is 1.94. The molecule has 2 atom stereocenters. The van der Waals surface area contributed by atoms with Gasteiger partial charge in [-0.2, -0.15) is 0 Å². The molecule has 3 heteroatoms. The van der Waals surface area contributed by atoms with Crippen molar-refractivity contribution in [1.82, 2.24) is 0 Å². The first-order chi connectivity index (χ1) is 7.27. The minimum absolute atomic E-state index is 0.190. The maximum Gasteiger partial charge on any atom is 0.0620 e. The molecule has 0 fully saturated rings. The zero-order chi connectivity index (χ0) is 10.7. The number of thiophene rings is 1. The van der Waals surface area contributed by atoms with Crippen LogP contribution >= 0.6 is 27.3 Å². The van der Waals surface area contributed by atoms with Crippen LogP contribution in [0.5, 0.6) is 0 Å². The molecule has 1 nitrogen and oxygen atoms in total. The van der Waals surface area contributed by atoms with Gasteiger partial charge in [0.2, 0.25) is 0 Å². The summed E-state index contributed by atoms with van der Waals surface area (Å²) >= 11 is 5.22. The lowest BCUT2D eigenvalue weighted by Crippen LogP contribution is -2.23. The highest BCUT2D eigenvalue weighted by Crippen LogP contribution is 2.28. The quantitative estimate of drug-likeness (QED) is 0.839. The minimum atomic E-state index is -0.190. The van der Waals surface area contributed by atoms with Crippen molar-refractivity contribution in [2.45, 2.75) is 31.8 Å². The average molecular weight is 287 g/mol. The highest BCUT2D eigenvalue weighted by atomic mass is 79.9. The van der Waals surface area contributed by atoms with Crippen LogP contribution in [0.25, 0.3) is 0 Å². The van der Waals surface area contributed by atoms with Crippen molar-refractivity contribution in [3.63, 3.8) is 0 Å². The summed E-state index contributed by atoms with van der Waals surface area (Å²) in [4.78, 5) is 1.26. The SMILES string of the molecule is OC(Cc1sccc1Br)C1CC=CCC1. The van der Waals surface area contributed by atoms with Crippen molar-refractivity contribution in [2.75, 3.05) is 0 Å².